The highest BCUT2D eigenvalue weighted by molar-refractivity contribution is 5.62. The number of anilines is 1. The lowest BCUT2D eigenvalue weighted by atomic mass is 9.98. The highest BCUT2D eigenvalue weighted by atomic mass is 19.1. The third-order valence-electron chi connectivity index (χ3n) is 3.88. The van der Waals surface area contributed by atoms with Crippen LogP contribution in [-0.2, 0) is 12.8 Å². The Bertz CT molecular complexity index is 657. The first kappa shape index (κ1) is 13.9. The van der Waals surface area contributed by atoms with Gasteiger partial charge in [-0.3, -0.25) is 0 Å². The molecule has 0 spiro atoms. The Hall–Kier alpha value is -2.10. The number of rotatable bonds is 4. The maximum atomic E-state index is 14.6. The van der Waals surface area contributed by atoms with Gasteiger partial charge in [0.05, 0.1) is 7.11 Å². The zero-order chi connectivity index (χ0) is 14.8. The average Bonchev–Trinajstić information content (AvgIpc) is 2.97. The van der Waals surface area contributed by atoms with Crippen LogP contribution in [0.5, 0.6) is 5.75 Å². The maximum Gasteiger partial charge on any atom is 0.168 e. The van der Waals surface area contributed by atoms with E-state index in [2.05, 4.69) is 5.32 Å². The van der Waals surface area contributed by atoms with Crippen molar-refractivity contribution in [3.05, 3.63) is 58.9 Å². The number of nitrogens with one attached hydrogen (secondary N) is 1. The zero-order valence-electron chi connectivity index (χ0n) is 11.8. The van der Waals surface area contributed by atoms with Gasteiger partial charge in [-0.05, 0) is 23.6 Å². The molecule has 0 bridgehead atoms. The van der Waals surface area contributed by atoms with Crippen molar-refractivity contribution in [3.8, 4) is 5.75 Å². The van der Waals surface area contributed by atoms with Crippen LogP contribution in [-0.4, -0.2) is 13.7 Å². The molecule has 2 aromatic rings. The number of alkyl halides is 1. The first-order valence-corrected chi connectivity index (χ1v) is 7.02. The molecule has 0 saturated carbocycles. The Morgan fingerprint density at radius 2 is 2.05 bits per heavy atom. The Morgan fingerprint density at radius 1 is 1.24 bits per heavy atom. The standard InChI is InChI=1S/C17H17F2NO/c1-21-15-7-3-5-12(16(15)19)10-14(18)13-6-2-4-11-8-9-20-17(11)13/h2-7,14,20H,8-10H2,1H3. The number of ether oxygens (including phenoxy) is 1. The summed E-state index contributed by atoms with van der Waals surface area (Å²) in [6.07, 6.45) is -0.336. The summed E-state index contributed by atoms with van der Waals surface area (Å²) in [5, 5.41) is 3.21. The van der Waals surface area contributed by atoms with Crippen LogP contribution in [0, 0.1) is 5.82 Å². The molecule has 0 aliphatic carbocycles. The maximum absolute atomic E-state index is 14.6. The molecule has 3 rings (SSSR count). The highest BCUT2D eigenvalue weighted by Crippen LogP contribution is 2.35. The Labute approximate surface area is 122 Å². The van der Waals surface area contributed by atoms with Crippen LogP contribution in [0.15, 0.2) is 36.4 Å². The topological polar surface area (TPSA) is 21.3 Å². The number of hydrogen-bond donors (Lipinski definition) is 1. The molecule has 2 nitrogen and oxygen atoms in total. The van der Waals surface area contributed by atoms with E-state index in [0.717, 1.165) is 24.2 Å². The molecule has 0 fully saturated rings. The monoisotopic (exact) mass is 289 g/mol. The molecule has 1 aliphatic heterocycles. The van der Waals surface area contributed by atoms with Crippen LogP contribution in [0.25, 0.3) is 0 Å². The number of halogens is 2. The third kappa shape index (κ3) is 2.58. The quantitative estimate of drug-likeness (QED) is 0.916. The lowest BCUT2D eigenvalue weighted by molar-refractivity contribution is 0.335. The second-order valence-corrected chi connectivity index (χ2v) is 5.16. The molecule has 1 unspecified atom stereocenters. The van der Waals surface area contributed by atoms with Gasteiger partial charge in [0.15, 0.2) is 11.6 Å². The van der Waals surface area contributed by atoms with E-state index in [0.29, 0.717) is 11.1 Å². The normalized spacial score (nSPS) is 14.4. The van der Waals surface area contributed by atoms with Crippen LogP contribution in [0.1, 0.15) is 22.9 Å². The summed E-state index contributed by atoms with van der Waals surface area (Å²) < 4.78 is 33.7. The van der Waals surface area contributed by atoms with Crippen molar-refractivity contribution >= 4 is 5.69 Å². The van der Waals surface area contributed by atoms with Gasteiger partial charge in [0.2, 0.25) is 0 Å². The Morgan fingerprint density at radius 3 is 2.86 bits per heavy atom. The number of fused-ring (bicyclic) bond motifs is 1. The Balaban J connectivity index is 1.88. The van der Waals surface area contributed by atoms with E-state index in [-0.39, 0.29) is 12.2 Å². The fraction of sp³-hybridized carbons (Fsp3) is 0.294. The van der Waals surface area contributed by atoms with Gasteiger partial charge >= 0.3 is 0 Å². The van der Waals surface area contributed by atoms with Gasteiger partial charge in [0.1, 0.15) is 6.17 Å². The van der Waals surface area contributed by atoms with Gasteiger partial charge in [-0.25, -0.2) is 8.78 Å². The fourth-order valence-corrected chi connectivity index (χ4v) is 2.80. The van der Waals surface area contributed by atoms with Crippen molar-refractivity contribution in [2.45, 2.75) is 19.0 Å². The summed E-state index contributed by atoms with van der Waals surface area (Å²) in [5.74, 6) is -0.334. The first-order valence-electron chi connectivity index (χ1n) is 7.02. The minimum atomic E-state index is -1.24. The number of methoxy groups -OCH3 is 1. The van der Waals surface area contributed by atoms with Crippen molar-refractivity contribution in [1.29, 1.82) is 0 Å². The first-order chi connectivity index (χ1) is 10.2. The molecule has 0 aromatic heterocycles. The van der Waals surface area contributed by atoms with Crippen molar-refractivity contribution < 1.29 is 13.5 Å². The summed E-state index contributed by atoms with van der Waals surface area (Å²) in [7, 11) is 1.41. The van der Waals surface area contributed by atoms with Gasteiger partial charge in [-0.1, -0.05) is 30.3 Å². The molecule has 0 radical (unpaired) electrons. The van der Waals surface area contributed by atoms with E-state index < -0.39 is 12.0 Å². The summed E-state index contributed by atoms with van der Waals surface area (Å²) in [6.45, 7) is 0.826. The van der Waals surface area contributed by atoms with Crippen LogP contribution < -0.4 is 10.1 Å². The summed E-state index contributed by atoms with van der Waals surface area (Å²) in [5.41, 5.74) is 2.93. The lowest BCUT2D eigenvalue weighted by Gasteiger charge is -2.14. The molecule has 1 N–H and O–H groups in total. The van der Waals surface area contributed by atoms with E-state index >= 15 is 0 Å². The molecule has 0 amide bonds. The van der Waals surface area contributed by atoms with Crippen molar-refractivity contribution in [3.63, 3.8) is 0 Å². The molecule has 2 aromatic carbocycles. The summed E-state index contributed by atoms with van der Waals surface area (Å²) in [6, 6.07) is 10.4. The smallest absolute Gasteiger partial charge is 0.168 e. The van der Waals surface area contributed by atoms with Crippen molar-refractivity contribution in [1.82, 2.24) is 0 Å². The van der Waals surface area contributed by atoms with Gasteiger partial charge in [0, 0.05) is 24.2 Å². The Kier molecular flexibility index (Phi) is 3.78. The van der Waals surface area contributed by atoms with E-state index in [1.165, 1.54) is 13.2 Å². The highest BCUT2D eigenvalue weighted by Gasteiger charge is 2.22. The number of benzene rings is 2. The van der Waals surface area contributed by atoms with E-state index in [4.69, 9.17) is 4.74 Å². The molecular weight excluding hydrogens is 272 g/mol. The SMILES string of the molecule is COc1cccc(CC(F)c2cccc3c2NCC3)c1F. The summed E-state index contributed by atoms with van der Waals surface area (Å²) >= 11 is 0. The van der Waals surface area contributed by atoms with Crippen LogP contribution >= 0.6 is 0 Å². The largest absolute Gasteiger partial charge is 0.494 e. The van der Waals surface area contributed by atoms with Crippen LogP contribution in [0.4, 0.5) is 14.5 Å². The molecule has 1 aliphatic rings. The second kappa shape index (κ2) is 5.72. The predicted molar refractivity (Wildman–Crippen MR) is 79.1 cm³/mol. The molecule has 4 heteroatoms. The molecule has 1 heterocycles. The molecular formula is C17H17F2NO. The minimum absolute atomic E-state index is 0.00116. The van der Waals surface area contributed by atoms with Gasteiger partial charge in [-0.2, -0.15) is 0 Å². The zero-order valence-corrected chi connectivity index (χ0v) is 11.8. The van der Waals surface area contributed by atoms with Gasteiger partial charge < -0.3 is 10.1 Å². The molecule has 21 heavy (non-hydrogen) atoms. The average molecular weight is 289 g/mol. The van der Waals surface area contributed by atoms with Crippen LogP contribution in [0.3, 0.4) is 0 Å². The molecule has 1 atom stereocenters. The van der Waals surface area contributed by atoms with Crippen molar-refractivity contribution in [2.75, 3.05) is 19.0 Å². The third-order valence-corrected chi connectivity index (χ3v) is 3.88. The molecule has 0 saturated heterocycles. The molecule has 110 valence electrons. The van der Waals surface area contributed by atoms with Gasteiger partial charge in [-0.15, -0.1) is 0 Å². The van der Waals surface area contributed by atoms with E-state index in [1.54, 1.807) is 18.2 Å². The second-order valence-electron chi connectivity index (χ2n) is 5.16. The number of para-hydroxylation sites is 1. The van der Waals surface area contributed by atoms with E-state index in [9.17, 15) is 8.78 Å². The minimum Gasteiger partial charge on any atom is -0.494 e. The summed E-state index contributed by atoms with van der Waals surface area (Å²) in [4.78, 5) is 0. The van der Waals surface area contributed by atoms with E-state index in [1.807, 2.05) is 12.1 Å². The van der Waals surface area contributed by atoms with Gasteiger partial charge in [0.25, 0.3) is 0 Å². The van der Waals surface area contributed by atoms with Crippen LogP contribution in [0.2, 0.25) is 0 Å². The van der Waals surface area contributed by atoms with Crippen molar-refractivity contribution in [2.24, 2.45) is 0 Å². The lowest BCUT2D eigenvalue weighted by Crippen LogP contribution is -2.04. The predicted octanol–water partition coefficient (Wildman–Crippen LogP) is 4.06. The fourth-order valence-electron chi connectivity index (χ4n) is 2.80. The number of hydrogen-bond acceptors (Lipinski definition) is 2.